The molecule has 0 amide bonds. The van der Waals surface area contributed by atoms with Crippen LogP contribution in [0, 0.1) is 5.82 Å². The third-order valence-corrected chi connectivity index (χ3v) is 2.12. The lowest BCUT2D eigenvalue weighted by Crippen LogP contribution is -2.05. The SMILES string of the molecule is O=C(Cc1ccoc1)c1ccccc1F. The van der Waals surface area contributed by atoms with Gasteiger partial charge in [-0.1, -0.05) is 12.1 Å². The van der Waals surface area contributed by atoms with Crippen LogP contribution in [0.2, 0.25) is 0 Å². The molecule has 3 heteroatoms. The molecule has 0 aliphatic carbocycles. The summed E-state index contributed by atoms with van der Waals surface area (Å²) in [5, 5.41) is 0. The molecular formula is C12H9FO2. The van der Waals surface area contributed by atoms with Crippen molar-refractivity contribution >= 4 is 5.78 Å². The monoisotopic (exact) mass is 204 g/mol. The average Bonchev–Trinajstić information content (AvgIpc) is 2.71. The molecule has 1 aromatic heterocycles. The molecule has 0 fully saturated rings. The minimum atomic E-state index is -0.481. The Morgan fingerprint density at radius 1 is 1.27 bits per heavy atom. The Hall–Kier alpha value is -1.90. The largest absolute Gasteiger partial charge is 0.472 e. The fraction of sp³-hybridized carbons (Fsp3) is 0.0833. The first-order valence-electron chi connectivity index (χ1n) is 4.56. The van der Waals surface area contributed by atoms with Gasteiger partial charge in [0.2, 0.25) is 0 Å². The molecule has 15 heavy (non-hydrogen) atoms. The van der Waals surface area contributed by atoms with E-state index in [9.17, 15) is 9.18 Å². The highest BCUT2D eigenvalue weighted by Gasteiger charge is 2.11. The first kappa shape index (κ1) is 9.65. The summed E-state index contributed by atoms with van der Waals surface area (Å²) in [6.45, 7) is 0. The van der Waals surface area contributed by atoms with E-state index in [0.29, 0.717) is 0 Å². The van der Waals surface area contributed by atoms with E-state index >= 15 is 0 Å². The van der Waals surface area contributed by atoms with Gasteiger partial charge >= 0.3 is 0 Å². The van der Waals surface area contributed by atoms with Gasteiger partial charge in [0.25, 0.3) is 0 Å². The second-order valence-electron chi connectivity index (χ2n) is 3.21. The van der Waals surface area contributed by atoms with E-state index in [2.05, 4.69) is 0 Å². The van der Waals surface area contributed by atoms with Crippen LogP contribution in [0.5, 0.6) is 0 Å². The summed E-state index contributed by atoms with van der Waals surface area (Å²) in [4.78, 5) is 11.7. The lowest BCUT2D eigenvalue weighted by Gasteiger charge is -1.99. The van der Waals surface area contributed by atoms with Crippen molar-refractivity contribution in [3.8, 4) is 0 Å². The van der Waals surface area contributed by atoms with Crippen LogP contribution in [0.3, 0.4) is 0 Å². The van der Waals surface area contributed by atoms with Crippen LogP contribution in [0.4, 0.5) is 4.39 Å². The predicted octanol–water partition coefficient (Wildman–Crippen LogP) is 2.84. The van der Waals surface area contributed by atoms with Crippen LogP contribution in [0.25, 0.3) is 0 Å². The molecule has 1 aromatic carbocycles. The van der Waals surface area contributed by atoms with E-state index in [1.807, 2.05) is 0 Å². The maximum atomic E-state index is 13.2. The highest BCUT2D eigenvalue weighted by molar-refractivity contribution is 5.97. The fourth-order valence-corrected chi connectivity index (χ4v) is 1.36. The molecule has 0 saturated heterocycles. The molecule has 0 spiro atoms. The molecule has 0 aliphatic rings. The van der Waals surface area contributed by atoms with Gasteiger partial charge in [-0.3, -0.25) is 4.79 Å². The topological polar surface area (TPSA) is 30.2 Å². The third kappa shape index (κ3) is 2.13. The Labute approximate surface area is 86.3 Å². The quantitative estimate of drug-likeness (QED) is 0.719. The summed E-state index contributed by atoms with van der Waals surface area (Å²) in [5.41, 5.74) is 0.877. The van der Waals surface area contributed by atoms with Crippen molar-refractivity contribution in [2.24, 2.45) is 0 Å². The number of carbonyl (C=O) groups excluding carboxylic acids is 1. The van der Waals surface area contributed by atoms with Crippen LogP contribution in [-0.2, 0) is 6.42 Å². The van der Waals surface area contributed by atoms with E-state index in [-0.39, 0.29) is 17.8 Å². The Balaban J connectivity index is 2.19. The van der Waals surface area contributed by atoms with Crippen molar-refractivity contribution in [2.45, 2.75) is 6.42 Å². The van der Waals surface area contributed by atoms with Gasteiger partial charge in [-0.25, -0.2) is 4.39 Å². The van der Waals surface area contributed by atoms with Crippen molar-refractivity contribution in [3.63, 3.8) is 0 Å². The average molecular weight is 204 g/mol. The summed E-state index contributed by atoms with van der Waals surface area (Å²) >= 11 is 0. The number of Topliss-reactive ketones (excluding diaryl/α,β-unsaturated/α-hetero) is 1. The standard InChI is InChI=1S/C12H9FO2/c13-11-4-2-1-3-10(11)12(14)7-9-5-6-15-8-9/h1-6,8H,7H2. The van der Waals surface area contributed by atoms with E-state index in [0.717, 1.165) is 5.56 Å². The summed E-state index contributed by atoms with van der Waals surface area (Å²) in [6.07, 6.45) is 3.14. The zero-order valence-corrected chi connectivity index (χ0v) is 7.94. The molecule has 0 N–H and O–H groups in total. The van der Waals surface area contributed by atoms with Gasteiger partial charge < -0.3 is 4.42 Å². The first-order chi connectivity index (χ1) is 7.27. The Bertz CT molecular complexity index is 460. The Morgan fingerprint density at radius 2 is 2.07 bits per heavy atom. The zero-order chi connectivity index (χ0) is 10.7. The van der Waals surface area contributed by atoms with Crippen LogP contribution in [0.15, 0.2) is 47.3 Å². The van der Waals surface area contributed by atoms with Crippen LogP contribution < -0.4 is 0 Å². The van der Waals surface area contributed by atoms with Gasteiger partial charge in [0.1, 0.15) is 5.82 Å². The molecule has 2 rings (SSSR count). The number of ketones is 1. The van der Waals surface area contributed by atoms with Gasteiger partial charge in [-0.05, 0) is 23.8 Å². The summed E-state index contributed by atoms with van der Waals surface area (Å²) in [7, 11) is 0. The zero-order valence-electron chi connectivity index (χ0n) is 7.94. The van der Waals surface area contributed by atoms with Crippen molar-refractivity contribution < 1.29 is 13.6 Å². The van der Waals surface area contributed by atoms with Gasteiger partial charge in [0, 0.05) is 6.42 Å². The third-order valence-electron chi connectivity index (χ3n) is 2.12. The van der Waals surface area contributed by atoms with E-state index in [1.54, 1.807) is 18.2 Å². The van der Waals surface area contributed by atoms with E-state index in [4.69, 9.17) is 4.42 Å². The predicted molar refractivity (Wildman–Crippen MR) is 53.1 cm³/mol. The van der Waals surface area contributed by atoms with Gasteiger partial charge in [0.05, 0.1) is 18.1 Å². The maximum Gasteiger partial charge on any atom is 0.170 e. The van der Waals surface area contributed by atoms with Crippen molar-refractivity contribution in [1.29, 1.82) is 0 Å². The molecule has 76 valence electrons. The van der Waals surface area contributed by atoms with Crippen LogP contribution in [0.1, 0.15) is 15.9 Å². The highest BCUT2D eigenvalue weighted by Crippen LogP contribution is 2.11. The molecule has 0 aliphatic heterocycles. The smallest absolute Gasteiger partial charge is 0.170 e. The van der Waals surface area contributed by atoms with Crippen LogP contribution >= 0.6 is 0 Å². The molecule has 0 saturated carbocycles. The summed E-state index contributed by atoms with van der Waals surface area (Å²) in [5.74, 6) is -0.722. The maximum absolute atomic E-state index is 13.2. The molecule has 0 bridgehead atoms. The first-order valence-corrected chi connectivity index (χ1v) is 4.56. The minimum absolute atomic E-state index is 0.124. The molecule has 2 aromatic rings. The second kappa shape index (κ2) is 4.09. The number of benzene rings is 1. The molecule has 0 atom stereocenters. The van der Waals surface area contributed by atoms with Crippen molar-refractivity contribution in [2.75, 3.05) is 0 Å². The molecule has 1 heterocycles. The fourth-order valence-electron chi connectivity index (χ4n) is 1.36. The molecule has 0 unspecified atom stereocenters. The van der Waals surface area contributed by atoms with Gasteiger partial charge in [-0.2, -0.15) is 0 Å². The second-order valence-corrected chi connectivity index (χ2v) is 3.21. The minimum Gasteiger partial charge on any atom is -0.472 e. The Kier molecular flexibility index (Phi) is 2.63. The number of halogens is 1. The van der Waals surface area contributed by atoms with E-state index in [1.165, 1.54) is 24.7 Å². The van der Waals surface area contributed by atoms with Gasteiger partial charge in [0.15, 0.2) is 5.78 Å². The Morgan fingerprint density at radius 3 is 2.73 bits per heavy atom. The number of carbonyl (C=O) groups is 1. The summed E-state index contributed by atoms with van der Waals surface area (Å²) < 4.78 is 18.1. The summed E-state index contributed by atoms with van der Waals surface area (Å²) in [6, 6.07) is 7.66. The van der Waals surface area contributed by atoms with Crippen molar-refractivity contribution in [3.05, 3.63) is 59.8 Å². The number of rotatable bonds is 3. The number of hydrogen-bond acceptors (Lipinski definition) is 2. The van der Waals surface area contributed by atoms with Gasteiger partial charge in [-0.15, -0.1) is 0 Å². The normalized spacial score (nSPS) is 10.2. The number of furan rings is 1. The molecular weight excluding hydrogens is 195 g/mol. The highest BCUT2D eigenvalue weighted by atomic mass is 19.1. The molecule has 0 radical (unpaired) electrons. The van der Waals surface area contributed by atoms with Crippen LogP contribution in [-0.4, -0.2) is 5.78 Å². The van der Waals surface area contributed by atoms with E-state index < -0.39 is 5.82 Å². The lowest BCUT2D eigenvalue weighted by molar-refractivity contribution is 0.0989. The number of hydrogen-bond donors (Lipinski definition) is 0. The lowest BCUT2D eigenvalue weighted by atomic mass is 10.0. The van der Waals surface area contributed by atoms with Crippen molar-refractivity contribution in [1.82, 2.24) is 0 Å². The molecule has 2 nitrogen and oxygen atoms in total.